The van der Waals surface area contributed by atoms with Crippen LogP contribution in [0.4, 0.5) is 0 Å². The van der Waals surface area contributed by atoms with E-state index >= 15 is 0 Å². The molecule has 0 aromatic rings. The van der Waals surface area contributed by atoms with Crippen LogP contribution in [0.2, 0.25) is 0 Å². The Balaban J connectivity index is 0.00000675. The van der Waals surface area contributed by atoms with E-state index in [-0.39, 0.29) is 42.6 Å². The first-order valence-electron chi connectivity index (χ1n) is 13.9. The van der Waals surface area contributed by atoms with Gasteiger partial charge in [-0.2, -0.15) is 0 Å². The number of rotatable bonds is 14. The fourth-order valence-electron chi connectivity index (χ4n) is 5.06. The number of aliphatic hydroxyl groups is 8. The number of hydrogen-bond acceptors (Lipinski definition) is 18. The Morgan fingerprint density at radius 2 is 1.39 bits per heavy atom. The van der Waals surface area contributed by atoms with E-state index in [1.54, 1.807) is 6.92 Å². The molecule has 0 spiro atoms. The van der Waals surface area contributed by atoms with Crippen LogP contribution in [0, 0.1) is 5.92 Å². The van der Waals surface area contributed by atoms with E-state index in [0.29, 0.717) is 0 Å². The summed E-state index contributed by atoms with van der Waals surface area (Å²) in [4.78, 5) is 10.6. The molecule has 0 aromatic carbocycles. The zero-order chi connectivity index (χ0) is 32.0. The van der Waals surface area contributed by atoms with Gasteiger partial charge in [0.1, 0.15) is 54.9 Å². The molecule has 0 radical (unpaired) electrons. The van der Waals surface area contributed by atoms with Crippen molar-refractivity contribution >= 4 is 5.97 Å². The van der Waals surface area contributed by atoms with E-state index in [1.807, 2.05) is 0 Å². The molecule has 8 N–H and O–H groups in total. The van der Waals surface area contributed by atoms with Crippen LogP contribution >= 0.6 is 0 Å². The summed E-state index contributed by atoms with van der Waals surface area (Å²) in [6, 6.07) is 0. The molecule has 3 fully saturated rings. The first-order valence-corrected chi connectivity index (χ1v) is 13.9. The van der Waals surface area contributed by atoms with Crippen molar-refractivity contribution in [3.8, 4) is 0 Å². The second-order valence-electron chi connectivity index (χ2n) is 10.7. The van der Waals surface area contributed by atoms with Crippen molar-refractivity contribution in [1.82, 2.24) is 0 Å². The predicted octanol–water partition coefficient (Wildman–Crippen LogP) is -9.11. The Kier molecular flexibility index (Phi) is 16.7. The van der Waals surface area contributed by atoms with Crippen LogP contribution < -0.4 is 34.7 Å². The third-order valence-corrected chi connectivity index (χ3v) is 7.58. The maximum absolute atomic E-state index is 10.9. The Labute approximate surface area is 275 Å². The van der Waals surface area contributed by atoms with Gasteiger partial charge in [0.05, 0.1) is 44.6 Å². The average Bonchev–Trinajstić information content (AvgIpc) is 2.96. The van der Waals surface area contributed by atoms with Crippen molar-refractivity contribution in [2.45, 2.75) is 113 Å². The van der Waals surface area contributed by atoms with Crippen LogP contribution in [0.25, 0.3) is 0 Å². The topological polar surface area (TPSA) is 276 Å². The second-order valence-corrected chi connectivity index (χ2v) is 10.7. The largest absolute Gasteiger partial charge is 1.00 e. The molecule has 0 bridgehead atoms. The molecule has 18 nitrogen and oxygen atoms in total. The second kappa shape index (κ2) is 18.4. The molecule has 16 atom stereocenters. The summed E-state index contributed by atoms with van der Waals surface area (Å²) in [7, 11) is 1.20. The maximum Gasteiger partial charge on any atom is 1.00 e. The standard InChI is InChI=1S/C25H44O18.Na/c1-9-11(4-5-38-10(2)26)40-25(19(33)15(9)29)43-22-13(42-23(36-3)21(35)18(22)32)7-39-24-20(34)17(31)16(30)12(41-24)6-37-8-14(27)28;/h9-13,15-26,29-35H,4-8H2,1-3H3,(H,27,28);/q;+1/p-1/t9-,10?,11?,12?,13?,15+,16-,17+,18-,19?,20?,21?,22-,23+,24-,25-;/m0./s1. The minimum absolute atomic E-state index is 0. The third-order valence-electron chi connectivity index (χ3n) is 7.58. The van der Waals surface area contributed by atoms with Crippen molar-refractivity contribution in [2.75, 3.05) is 33.5 Å². The van der Waals surface area contributed by atoms with E-state index in [2.05, 4.69) is 0 Å². The van der Waals surface area contributed by atoms with Gasteiger partial charge in [-0.1, -0.05) is 6.92 Å². The van der Waals surface area contributed by atoms with Crippen LogP contribution in [-0.4, -0.2) is 173 Å². The van der Waals surface area contributed by atoms with Crippen molar-refractivity contribution in [1.29, 1.82) is 0 Å². The van der Waals surface area contributed by atoms with E-state index in [1.165, 1.54) is 14.0 Å². The fraction of sp³-hybridized carbons (Fsp3) is 0.960. The summed E-state index contributed by atoms with van der Waals surface area (Å²) in [5.41, 5.74) is 0. The van der Waals surface area contributed by atoms with Gasteiger partial charge in [0.15, 0.2) is 25.2 Å². The Morgan fingerprint density at radius 3 is 2.00 bits per heavy atom. The van der Waals surface area contributed by atoms with Crippen LogP contribution in [-0.2, 0) is 42.7 Å². The molecular formula is C25H43NaO18. The molecule has 252 valence electrons. The number of aliphatic hydroxyl groups excluding tert-OH is 8. The molecule has 3 aliphatic rings. The number of carbonyl (C=O) groups is 1. The van der Waals surface area contributed by atoms with Crippen molar-refractivity contribution in [3.05, 3.63) is 0 Å². The number of hydrogen-bond donors (Lipinski definition) is 8. The van der Waals surface area contributed by atoms with Crippen LogP contribution in [0.5, 0.6) is 0 Å². The SMILES string of the molecule is CO[C@@H]1OC(CO[C@H]2OC(COCC(=O)[O-])[C@H](O)[C@@H](O)C2O)[C@H](O[C@@H]2OC(CCOC(C)O)[C@H](C)[C@@H](O)C2O)[C@@H](O)C1O.[Na+]. The molecule has 3 rings (SSSR count). The quantitative estimate of drug-likeness (QED) is 0.0638. The summed E-state index contributed by atoms with van der Waals surface area (Å²) in [6.45, 7) is 1.26. The van der Waals surface area contributed by atoms with E-state index in [4.69, 9.17) is 37.9 Å². The molecule has 0 saturated carbocycles. The van der Waals surface area contributed by atoms with Gasteiger partial charge in [-0.15, -0.1) is 0 Å². The molecule has 19 heteroatoms. The molecule has 3 saturated heterocycles. The zero-order valence-electron chi connectivity index (χ0n) is 24.9. The number of carbonyl (C=O) groups excluding carboxylic acids is 1. The minimum atomic E-state index is -1.78. The van der Waals surface area contributed by atoms with E-state index in [9.17, 15) is 50.8 Å². The van der Waals surface area contributed by atoms with Gasteiger partial charge in [-0.3, -0.25) is 0 Å². The van der Waals surface area contributed by atoms with Gasteiger partial charge >= 0.3 is 29.6 Å². The molecule has 0 amide bonds. The Bertz CT molecular complexity index is 856. The van der Waals surface area contributed by atoms with Gasteiger partial charge in [0.2, 0.25) is 0 Å². The van der Waals surface area contributed by atoms with E-state index < -0.39 is 124 Å². The zero-order valence-corrected chi connectivity index (χ0v) is 26.9. The first-order chi connectivity index (χ1) is 20.3. The smallest absolute Gasteiger partial charge is 0.548 e. The summed E-state index contributed by atoms with van der Waals surface area (Å²) in [5, 5.41) is 93.6. The number of ether oxygens (including phenoxy) is 8. The molecule has 3 heterocycles. The summed E-state index contributed by atoms with van der Waals surface area (Å²) in [5.74, 6) is -2.10. The van der Waals surface area contributed by atoms with Gasteiger partial charge < -0.3 is 88.6 Å². The van der Waals surface area contributed by atoms with Gasteiger partial charge in [0, 0.05) is 13.0 Å². The molecule has 0 aromatic heterocycles. The average molecular weight is 655 g/mol. The third kappa shape index (κ3) is 10.2. The van der Waals surface area contributed by atoms with Gasteiger partial charge in [-0.25, -0.2) is 0 Å². The summed E-state index contributed by atoms with van der Waals surface area (Å²) >= 11 is 0. The normalized spacial score (nSPS) is 43.7. The number of carboxylic acid groups (broad SMARTS) is 1. The first kappa shape index (κ1) is 40.0. The molecule has 7 unspecified atom stereocenters. The Morgan fingerprint density at radius 1 is 0.795 bits per heavy atom. The summed E-state index contributed by atoms with van der Waals surface area (Å²) in [6.07, 6.45) is -21.6. The van der Waals surface area contributed by atoms with Crippen LogP contribution in [0.1, 0.15) is 20.3 Å². The van der Waals surface area contributed by atoms with Gasteiger partial charge in [0.25, 0.3) is 0 Å². The summed E-state index contributed by atoms with van der Waals surface area (Å²) < 4.78 is 43.5. The molecule has 44 heavy (non-hydrogen) atoms. The number of aliphatic carboxylic acids is 1. The van der Waals surface area contributed by atoms with Crippen molar-refractivity contribution in [2.24, 2.45) is 5.92 Å². The maximum atomic E-state index is 10.9. The molecular weight excluding hydrogens is 611 g/mol. The van der Waals surface area contributed by atoms with Crippen molar-refractivity contribution < 1.29 is 118 Å². The molecule has 0 aliphatic carbocycles. The van der Waals surface area contributed by atoms with Crippen LogP contribution in [0.15, 0.2) is 0 Å². The Hall–Kier alpha value is -0.170. The number of methoxy groups -OCH3 is 1. The van der Waals surface area contributed by atoms with E-state index in [0.717, 1.165) is 0 Å². The minimum Gasteiger partial charge on any atom is -0.548 e. The monoisotopic (exact) mass is 654 g/mol. The van der Waals surface area contributed by atoms with Crippen LogP contribution in [0.3, 0.4) is 0 Å². The predicted molar refractivity (Wildman–Crippen MR) is 133 cm³/mol. The fourth-order valence-corrected chi connectivity index (χ4v) is 5.06. The number of carboxylic acids is 1. The van der Waals surface area contributed by atoms with Gasteiger partial charge in [-0.05, 0) is 13.3 Å². The molecule has 3 aliphatic heterocycles. The van der Waals surface area contributed by atoms with Crippen molar-refractivity contribution in [3.63, 3.8) is 0 Å².